The molecular formula is C28H30F2N2O. The van der Waals surface area contributed by atoms with Gasteiger partial charge < -0.3 is 4.74 Å². The van der Waals surface area contributed by atoms with Crippen molar-refractivity contribution >= 4 is 0 Å². The molecule has 0 aromatic heterocycles. The zero-order chi connectivity index (χ0) is 22.8. The number of fused-ring (bicyclic) bond motifs is 1. The van der Waals surface area contributed by atoms with Crippen LogP contribution in [0.3, 0.4) is 0 Å². The van der Waals surface area contributed by atoms with Crippen LogP contribution in [0.5, 0.6) is 5.75 Å². The second kappa shape index (κ2) is 9.62. The summed E-state index contributed by atoms with van der Waals surface area (Å²) in [5.41, 5.74) is 2.93. The molecule has 2 aliphatic rings. The van der Waals surface area contributed by atoms with Gasteiger partial charge in [-0.2, -0.15) is 0 Å². The highest BCUT2D eigenvalue weighted by atomic mass is 19.2. The molecule has 2 saturated heterocycles. The van der Waals surface area contributed by atoms with Crippen molar-refractivity contribution in [1.29, 1.82) is 0 Å². The first-order valence-electron chi connectivity index (χ1n) is 11.7. The summed E-state index contributed by atoms with van der Waals surface area (Å²) in [5, 5.41) is 0. The number of likely N-dealkylation sites (tertiary alicyclic amines) is 2. The molecular weight excluding hydrogens is 418 g/mol. The van der Waals surface area contributed by atoms with E-state index in [1.165, 1.54) is 11.6 Å². The maximum absolute atomic E-state index is 14.9. The maximum atomic E-state index is 14.9. The second-order valence-electron chi connectivity index (χ2n) is 9.23. The van der Waals surface area contributed by atoms with E-state index >= 15 is 0 Å². The largest absolute Gasteiger partial charge is 0.496 e. The Hall–Kier alpha value is -2.76. The minimum atomic E-state index is -0.757. The van der Waals surface area contributed by atoms with Crippen molar-refractivity contribution in [1.82, 2.24) is 9.80 Å². The van der Waals surface area contributed by atoms with E-state index in [4.69, 9.17) is 4.74 Å². The number of halogens is 2. The Morgan fingerprint density at radius 1 is 0.879 bits per heavy atom. The molecule has 0 N–H and O–H groups in total. The van der Waals surface area contributed by atoms with Crippen LogP contribution in [-0.4, -0.2) is 42.6 Å². The molecule has 2 heterocycles. The van der Waals surface area contributed by atoms with Gasteiger partial charge in [0.25, 0.3) is 0 Å². The van der Waals surface area contributed by atoms with Crippen LogP contribution >= 0.6 is 0 Å². The first kappa shape index (κ1) is 22.1. The van der Waals surface area contributed by atoms with Gasteiger partial charge in [0, 0.05) is 43.7 Å². The van der Waals surface area contributed by atoms with Gasteiger partial charge in [-0.1, -0.05) is 60.7 Å². The third kappa shape index (κ3) is 4.53. The van der Waals surface area contributed by atoms with Gasteiger partial charge in [0.15, 0.2) is 11.6 Å². The molecule has 3 aromatic rings. The number of benzene rings is 3. The summed E-state index contributed by atoms with van der Waals surface area (Å²) in [6.07, 6.45) is 1.01. The average molecular weight is 449 g/mol. The molecule has 0 unspecified atom stereocenters. The number of para-hydroxylation sites is 1. The van der Waals surface area contributed by atoms with Gasteiger partial charge in [0.05, 0.1) is 7.11 Å². The van der Waals surface area contributed by atoms with E-state index in [9.17, 15) is 8.78 Å². The number of methoxy groups -OCH3 is 1. The maximum Gasteiger partial charge on any atom is 0.162 e. The van der Waals surface area contributed by atoms with Crippen molar-refractivity contribution in [3.05, 3.63) is 101 Å². The van der Waals surface area contributed by atoms with Crippen LogP contribution in [-0.2, 0) is 13.1 Å². The monoisotopic (exact) mass is 448 g/mol. The average Bonchev–Trinajstić information content (AvgIpc) is 3.19. The summed E-state index contributed by atoms with van der Waals surface area (Å²) < 4.78 is 34.6. The van der Waals surface area contributed by atoms with E-state index in [1.807, 2.05) is 24.3 Å². The minimum Gasteiger partial charge on any atom is -0.496 e. The van der Waals surface area contributed by atoms with Crippen LogP contribution in [0.1, 0.15) is 29.0 Å². The zero-order valence-electron chi connectivity index (χ0n) is 19.0. The molecule has 2 aliphatic heterocycles. The molecule has 2 fully saturated rings. The van der Waals surface area contributed by atoms with Gasteiger partial charge in [-0.05, 0) is 42.1 Å². The first-order chi connectivity index (χ1) is 16.1. The standard InChI is InChI=1S/C28H30F2N2O/c1-33-27-13-6-5-10-21(27)17-31-15-14-26-24(18-31)23(22-11-7-12-25(29)28(22)30)19-32(26)16-20-8-3-2-4-9-20/h2-13,23-24,26H,14-19H2,1H3/t23-,24-,26-/m0/s1. The van der Waals surface area contributed by atoms with E-state index in [-0.39, 0.29) is 11.8 Å². The molecule has 0 bridgehead atoms. The molecule has 5 rings (SSSR count). The van der Waals surface area contributed by atoms with E-state index in [1.54, 1.807) is 19.2 Å². The van der Waals surface area contributed by atoms with E-state index < -0.39 is 11.6 Å². The summed E-state index contributed by atoms with van der Waals surface area (Å²) in [6.45, 7) is 4.21. The summed E-state index contributed by atoms with van der Waals surface area (Å²) in [5.74, 6) is -0.343. The topological polar surface area (TPSA) is 15.7 Å². The summed E-state index contributed by atoms with van der Waals surface area (Å²) >= 11 is 0. The Labute approximate surface area is 194 Å². The molecule has 0 amide bonds. The SMILES string of the molecule is COc1ccccc1CN1CC[C@H]2[C@@H](C1)[C@H](c1cccc(F)c1F)CN2Cc1ccccc1. The zero-order valence-corrected chi connectivity index (χ0v) is 19.0. The molecule has 33 heavy (non-hydrogen) atoms. The van der Waals surface area contributed by atoms with E-state index in [2.05, 4.69) is 40.1 Å². The number of rotatable bonds is 6. The van der Waals surface area contributed by atoms with Crippen molar-refractivity contribution in [3.8, 4) is 5.75 Å². The van der Waals surface area contributed by atoms with Crippen molar-refractivity contribution < 1.29 is 13.5 Å². The number of ether oxygens (including phenoxy) is 1. The van der Waals surface area contributed by atoms with Gasteiger partial charge >= 0.3 is 0 Å². The Morgan fingerprint density at radius 3 is 2.48 bits per heavy atom. The normalized spacial score (nSPS) is 23.4. The third-order valence-corrected chi connectivity index (χ3v) is 7.32. The fourth-order valence-electron chi connectivity index (χ4n) is 5.77. The quantitative estimate of drug-likeness (QED) is 0.498. The lowest BCUT2D eigenvalue weighted by Crippen LogP contribution is -2.46. The van der Waals surface area contributed by atoms with Crippen molar-refractivity contribution in [3.63, 3.8) is 0 Å². The molecule has 5 heteroatoms. The predicted octanol–water partition coefficient (Wildman–Crippen LogP) is 5.46. The highest BCUT2D eigenvalue weighted by molar-refractivity contribution is 5.33. The smallest absolute Gasteiger partial charge is 0.162 e. The van der Waals surface area contributed by atoms with Gasteiger partial charge in [-0.25, -0.2) is 8.78 Å². The van der Waals surface area contributed by atoms with Crippen molar-refractivity contribution in [2.75, 3.05) is 26.7 Å². The number of hydrogen-bond donors (Lipinski definition) is 0. The van der Waals surface area contributed by atoms with Crippen molar-refractivity contribution in [2.45, 2.75) is 31.5 Å². The lowest BCUT2D eigenvalue weighted by molar-refractivity contribution is 0.0998. The summed E-state index contributed by atoms with van der Waals surface area (Å²) in [7, 11) is 1.70. The van der Waals surface area contributed by atoms with Gasteiger partial charge in [0.1, 0.15) is 5.75 Å². The summed E-state index contributed by atoms with van der Waals surface area (Å²) in [6, 6.07) is 23.5. The van der Waals surface area contributed by atoms with E-state index in [0.29, 0.717) is 11.6 Å². The van der Waals surface area contributed by atoms with Crippen LogP contribution < -0.4 is 4.74 Å². The van der Waals surface area contributed by atoms with Crippen LogP contribution in [0.15, 0.2) is 72.8 Å². The molecule has 3 aromatic carbocycles. The first-order valence-corrected chi connectivity index (χ1v) is 11.7. The summed E-state index contributed by atoms with van der Waals surface area (Å²) in [4.78, 5) is 4.92. The van der Waals surface area contributed by atoms with Crippen molar-refractivity contribution in [2.24, 2.45) is 5.92 Å². The third-order valence-electron chi connectivity index (χ3n) is 7.32. The second-order valence-corrected chi connectivity index (χ2v) is 9.23. The van der Waals surface area contributed by atoms with Gasteiger partial charge in [0.2, 0.25) is 0 Å². The fraction of sp³-hybridized carbons (Fsp3) is 0.357. The lowest BCUT2D eigenvalue weighted by Gasteiger charge is -2.39. The Morgan fingerprint density at radius 2 is 1.67 bits per heavy atom. The predicted molar refractivity (Wildman–Crippen MR) is 126 cm³/mol. The van der Waals surface area contributed by atoms with Crippen LogP contribution in [0.2, 0.25) is 0 Å². The lowest BCUT2D eigenvalue weighted by atomic mass is 9.81. The van der Waals surface area contributed by atoms with Crippen LogP contribution in [0, 0.1) is 17.6 Å². The number of nitrogens with zero attached hydrogens (tertiary/aromatic N) is 2. The molecule has 0 aliphatic carbocycles. The highest BCUT2D eigenvalue weighted by Gasteiger charge is 2.46. The Kier molecular flexibility index (Phi) is 6.43. The molecule has 0 spiro atoms. The molecule has 3 nitrogen and oxygen atoms in total. The number of piperidine rings is 1. The molecule has 3 atom stereocenters. The molecule has 172 valence electrons. The molecule has 0 saturated carbocycles. The molecule has 0 radical (unpaired) electrons. The highest BCUT2D eigenvalue weighted by Crippen LogP contribution is 2.43. The van der Waals surface area contributed by atoms with Crippen LogP contribution in [0.4, 0.5) is 8.78 Å². The fourth-order valence-corrected chi connectivity index (χ4v) is 5.77. The van der Waals surface area contributed by atoms with Gasteiger partial charge in [-0.3, -0.25) is 9.80 Å². The Balaban J connectivity index is 1.41. The van der Waals surface area contributed by atoms with Gasteiger partial charge in [-0.15, -0.1) is 0 Å². The minimum absolute atomic E-state index is 0.0325. The Bertz CT molecular complexity index is 1090. The van der Waals surface area contributed by atoms with Crippen LogP contribution in [0.25, 0.3) is 0 Å². The number of hydrogen-bond acceptors (Lipinski definition) is 3. The van der Waals surface area contributed by atoms with E-state index in [0.717, 1.165) is 50.5 Å².